The van der Waals surface area contributed by atoms with Crippen LogP contribution in [0.15, 0.2) is 12.1 Å². The smallest absolute Gasteiger partial charge is 0.319 e. The van der Waals surface area contributed by atoms with Gasteiger partial charge in [-0.3, -0.25) is 4.79 Å². The third-order valence-corrected chi connectivity index (χ3v) is 4.07. The van der Waals surface area contributed by atoms with E-state index in [0.29, 0.717) is 42.2 Å². The number of hydrogen-bond acceptors (Lipinski definition) is 5. The molecule has 1 fully saturated rings. The number of carbonyl (C=O) groups excluding carboxylic acids is 1. The number of carboxylic acids is 1. The van der Waals surface area contributed by atoms with Crippen molar-refractivity contribution in [2.45, 2.75) is 25.3 Å². The van der Waals surface area contributed by atoms with Gasteiger partial charge in [-0.15, -0.1) is 0 Å². The summed E-state index contributed by atoms with van der Waals surface area (Å²) < 4.78 is 15.7. The van der Waals surface area contributed by atoms with Gasteiger partial charge in [-0.25, -0.2) is 4.79 Å². The molecule has 2 atom stereocenters. The van der Waals surface area contributed by atoms with Crippen LogP contribution in [-0.4, -0.2) is 44.5 Å². The molecule has 0 unspecified atom stereocenters. The van der Waals surface area contributed by atoms with Crippen molar-refractivity contribution < 1.29 is 28.9 Å². The highest BCUT2D eigenvalue weighted by molar-refractivity contribution is 5.92. The monoisotopic (exact) mass is 338 g/mol. The van der Waals surface area contributed by atoms with E-state index < -0.39 is 17.9 Å². The summed E-state index contributed by atoms with van der Waals surface area (Å²) in [7, 11) is 4.49. The first-order chi connectivity index (χ1) is 11.5. The Balaban J connectivity index is 2.04. The lowest BCUT2D eigenvalue weighted by molar-refractivity contribution is -0.141. The molecule has 2 rings (SSSR count). The minimum atomic E-state index is -0.818. The Morgan fingerprint density at radius 1 is 1.04 bits per heavy atom. The molecule has 0 heterocycles. The van der Waals surface area contributed by atoms with E-state index in [1.165, 1.54) is 21.3 Å². The maximum atomic E-state index is 12.2. The second kappa shape index (κ2) is 7.76. The highest BCUT2D eigenvalue weighted by Crippen LogP contribution is 2.37. The fourth-order valence-corrected chi connectivity index (χ4v) is 2.81. The molecular formula is C16H22N2O6. The van der Waals surface area contributed by atoms with Crippen LogP contribution in [0.2, 0.25) is 0 Å². The number of benzene rings is 1. The van der Waals surface area contributed by atoms with Crippen LogP contribution >= 0.6 is 0 Å². The third-order valence-electron chi connectivity index (χ3n) is 4.07. The predicted molar refractivity (Wildman–Crippen MR) is 87.0 cm³/mol. The Bertz CT molecular complexity index is 619. The number of nitrogens with one attached hydrogen (secondary N) is 2. The average molecular weight is 338 g/mol. The maximum Gasteiger partial charge on any atom is 0.319 e. The number of amides is 2. The molecule has 0 aliphatic heterocycles. The molecule has 1 saturated carbocycles. The van der Waals surface area contributed by atoms with E-state index in [4.69, 9.17) is 19.3 Å². The maximum absolute atomic E-state index is 12.2. The van der Waals surface area contributed by atoms with E-state index in [0.717, 1.165) is 0 Å². The Morgan fingerprint density at radius 3 is 2.21 bits per heavy atom. The molecule has 2 amide bonds. The molecule has 1 aromatic carbocycles. The number of ether oxygens (including phenoxy) is 3. The molecule has 0 aromatic heterocycles. The molecule has 132 valence electrons. The SMILES string of the molecule is COc1cc(OC)c(OC)cc1NC(=O)N[C@@H]1CC[C@H](C(=O)O)C1. The zero-order chi connectivity index (χ0) is 17.7. The number of rotatable bonds is 6. The van der Waals surface area contributed by atoms with Crippen LogP contribution in [-0.2, 0) is 4.79 Å². The average Bonchev–Trinajstić information content (AvgIpc) is 3.02. The lowest BCUT2D eigenvalue weighted by atomic mass is 10.1. The van der Waals surface area contributed by atoms with Gasteiger partial charge < -0.3 is 30.0 Å². The topological polar surface area (TPSA) is 106 Å². The number of hydrogen-bond donors (Lipinski definition) is 3. The second-order valence-electron chi connectivity index (χ2n) is 5.55. The van der Waals surface area contributed by atoms with E-state index in [9.17, 15) is 9.59 Å². The molecule has 1 aliphatic rings. The molecule has 3 N–H and O–H groups in total. The summed E-state index contributed by atoms with van der Waals surface area (Å²) in [6.45, 7) is 0. The molecule has 8 nitrogen and oxygen atoms in total. The molecule has 0 spiro atoms. The van der Waals surface area contributed by atoms with Gasteiger partial charge in [0.05, 0.1) is 32.9 Å². The number of urea groups is 1. The minimum Gasteiger partial charge on any atom is -0.494 e. The molecule has 0 radical (unpaired) electrons. The summed E-state index contributed by atoms with van der Waals surface area (Å²) in [4.78, 5) is 23.1. The fraction of sp³-hybridized carbons (Fsp3) is 0.500. The van der Waals surface area contributed by atoms with Crippen LogP contribution < -0.4 is 24.8 Å². The van der Waals surface area contributed by atoms with Gasteiger partial charge in [0.1, 0.15) is 5.75 Å². The normalized spacial score (nSPS) is 19.5. The first kappa shape index (κ1) is 17.7. The van der Waals surface area contributed by atoms with E-state index in [1.54, 1.807) is 12.1 Å². The molecule has 0 bridgehead atoms. The molecule has 8 heteroatoms. The minimum absolute atomic E-state index is 0.155. The number of carboxylic acid groups (broad SMARTS) is 1. The summed E-state index contributed by atoms with van der Waals surface area (Å²) in [5.41, 5.74) is 0.431. The highest BCUT2D eigenvalue weighted by atomic mass is 16.5. The number of anilines is 1. The zero-order valence-electron chi connectivity index (χ0n) is 13.9. The van der Waals surface area contributed by atoms with Crippen molar-refractivity contribution >= 4 is 17.7 Å². The van der Waals surface area contributed by atoms with Crippen molar-refractivity contribution in [1.82, 2.24) is 5.32 Å². The summed E-state index contributed by atoms with van der Waals surface area (Å²) >= 11 is 0. The lowest BCUT2D eigenvalue weighted by Crippen LogP contribution is -2.36. The fourth-order valence-electron chi connectivity index (χ4n) is 2.81. The first-order valence-electron chi connectivity index (χ1n) is 7.58. The van der Waals surface area contributed by atoms with Gasteiger partial charge in [0.15, 0.2) is 11.5 Å². The van der Waals surface area contributed by atoms with Gasteiger partial charge in [0, 0.05) is 18.2 Å². The summed E-state index contributed by atoms with van der Waals surface area (Å²) in [6.07, 6.45) is 1.65. The van der Waals surface area contributed by atoms with Gasteiger partial charge in [0.25, 0.3) is 0 Å². The zero-order valence-corrected chi connectivity index (χ0v) is 13.9. The van der Waals surface area contributed by atoms with E-state index >= 15 is 0 Å². The molecule has 1 aliphatic carbocycles. The van der Waals surface area contributed by atoms with Crippen molar-refractivity contribution in [3.63, 3.8) is 0 Å². The molecule has 1 aromatic rings. The first-order valence-corrected chi connectivity index (χ1v) is 7.58. The Kier molecular flexibility index (Phi) is 5.73. The number of aliphatic carboxylic acids is 1. The van der Waals surface area contributed by atoms with Crippen LogP contribution in [0.3, 0.4) is 0 Å². The van der Waals surface area contributed by atoms with Gasteiger partial charge >= 0.3 is 12.0 Å². The highest BCUT2D eigenvalue weighted by Gasteiger charge is 2.30. The standard InChI is InChI=1S/C16H22N2O6/c1-22-12-8-14(24-3)13(23-2)7-11(12)18-16(21)17-10-5-4-9(6-10)15(19)20/h7-10H,4-6H2,1-3H3,(H,19,20)(H2,17,18,21)/t9-,10+/m0/s1. The Hall–Kier alpha value is -2.64. The predicted octanol–water partition coefficient (Wildman–Crippen LogP) is 2.09. The largest absolute Gasteiger partial charge is 0.494 e. The van der Waals surface area contributed by atoms with Crippen molar-refractivity contribution in [3.8, 4) is 17.2 Å². The van der Waals surface area contributed by atoms with Crippen molar-refractivity contribution in [2.24, 2.45) is 5.92 Å². The van der Waals surface area contributed by atoms with Gasteiger partial charge in [-0.1, -0.05) is 0 Å². The van der Waals surface area contributed by atoms with Crippen LogP contribution in [0.25, 0.3) is 0 Å². The van der Waals surface area contributed by atoms with Crippen molar-refractivity contribution in [2.75, 3.05) is 26.6 Å². The van der Waals surface area contributed by atoms with Crippen LogP contribution in [0.1, 0.15) is 19.3 Å². The van der Waals surface area contributed by atoms with Crippen molar-refractivity contribution in [3.05, 3.63) is 12.1 Å². The van der Waals surface area contributed by atoms with Crippen LogP contribution in [0.4, 0.5) is 10.5 Å². The summed E-state index contributed by atoms with van der Waals surface area (Å²) in [5.74, 6) is 0.158. The summed E-state index contributed by atoms with van der Waals surface area (Å²) in [6, 6.07) is 2.64. The van der Waals surface area contributed by atoms with Gasteiger partial charge in [0.2, 0.25) is 0 Å². The second-order valence-corrected chi connectivity index (χ2v) is 5.55. The van der Waals surface area contributed by atoms with Gasteiger partial charge in [-0.05, 0) is 19.3 Å². The van der Waals surface area contributed by atoms with E-state index in [2.05, 4.69) is 10.6 Å². The van der Waals surface area contributed by atoms with Crippen molar-refractivity contribution in [1.29, 1.82) is 0 Å². The Morgan fingerprint density at radius 2 is 1.67 bits per heavy atom. The third kappa shape index (κ3) is 4.01. The van der Waals surface area contributed by atoms with E-state index in [1.807, 2.05) is 0 Å². The van der Waals surface area contributed by atoms with Crippen LogP contribution in [0, 0.1) is 5.92 Å². The van der Waals surface area contributed by atoms with E-state index in [-0.39, 0.29) is 6.04 Å². The number of methoxy groups -OCH3 is 3. The molecular weight excluding hydrogens is 316 g/mol. The molecule has 24 heavy (non-hydrogen) atoms. The quantitative estimate of drug-likeness (QED) is 0.733. The Labute approximate surface area is 140 Å². The number of carbonyl (C=O) groups is 2. The van der Waals surface area contributed by atoms with Gasteiger partial charge in [-0.2, -0.15) is 0 Å². The van der Waals surface area contributed by atoms with Crippen LogP contribution in [0.5, 0.6) is 17.2 Å². The lowest BCUT2D eigenvalue weighted by Gasteiger charge is -2.17. The summed E-state index contributed by atoms with van der Waals surface area (Å²) in [5, 5.41) is 14.5. The molecule has 0 saturated heterocycles.